The van der Waals surface area contributed by atoms with Gasteiger partial charge in [0.1, 0.15) is 18.1 Å². The van der Waals surface area contributed by atoms with E-state index >= 15 is 0 Å². The third-order valence-corrected chi connectivity index (χ3v) is 3.32. The Balaban J connectivity index is 2.04. The third kappa shape index (κ3) is 3.99. The molecule has 2 rings (SSSR count). The molecule has 0 radical (unpaired) electrons. The number of imidazole rings is 1. The fraction of sp³-hybridized carbons (Fsp3) is 0.333. The number of rotatable bonds is 7. The number of amides is 1. The largest absolute Gasteiger partial charge is 0.490 e. The Labute approximate surface area is 133 Å². The summed E-state index contributed by atoms with van der Waals surface area (Å²) in [5, 5.41) is 3.19. The van der Waals surface area contributed by atoms with Crippen molar-refractivity contribution in [3.05, 3.63) is 40.9 Å². The Morgan fingerprint density at radius 3 is 2.91 bits per heavy atom. The van der Waals surface area contributed by atoms with E-state index in [4.69, 9.17) is 21.1 Å². The molecule has 0 aliphatic heterocycles. The molecule has 2 N–H and O–H groups in total. The van der Waals surface area contributed by atoms with Gasteiger partial charge < -0.3 is 19.8 Å². The van der Waals surface area contributed by atoms with Gasteiger partial charge in [-0.1, -0.05) is 18.5 Å². The number of nitrogens with one attached hydrogen (secondary N) is 2. The summed E-state index contributed by atoms with van der Waals surface area (Å²) in [5.74, 6) is 0.271. The first-order valence-electron chi connectivity index (χ1n) is 6.90. The van der Waals surface area contributed by atoms with Crippen LogP contribution in [-0.4, -0.2) is 36.2 Å². The lowest BCUT2D eigenvalue weighted by Gasteiger charge is -2.10. The Hall–Kier alpha value is -2.05. The molecule has 6 nitrogen and oxygen atoms in total. The van der Waals surface area contributed by atoms with Gasteiger partial charge in [-0.05, 0) is 24.6 Å². The van der Waals surface area contributed by atoms with Crippen molar-refractivity contribution in [3.63, 3.8) is 0 Å². The lowest BCUT2D eigenvalue weighted by Crippen LogP contribution is -2.14. The molecule has 118 valence electrons. The first-order valence-corrected chi connectivity index (χ1v) is 7.28. The number of nitrogens with zero attached hydrogens (tertiary/aromatic N) is 1. The number of hydrogen-bond acceptors (Lipinski definition) is 4. The standard InChI is InChI=1S/C15H18ClN3O3/c1-3-12-14(18-9-17-12)15(20)19-10-4-5-13(11(16)8-10)22-7-6-21-2/h4-5,8-9H,3,6-7H2,1-2H3,(H,17,18)(H,19,20). The van der Waals surface area contributed by atoms with E-state index in [1.165, 1.54) is 6.33 Å². The van der Waals surface area contributed by atoms with Crippen molar-refractivity contribution >= 4 is 23.2 Å². The number of hydrogen-bond donors (Lipinski definition) is 2. The molecule has 1 amide bonds. The predicted octanol–water partition coefficient (Wildman–Crippen LogP) is 2.90. The number of carbonyl (C=O) groups is 1. The monoisotopic (exact) mass is 323 g/mol. The van der Waals surface area contributed by atoms with Gasteiger partial charge in [0.05, 0.1) is 18.0 Å². The number of H-pyrrole nitrogens is 1. The number of halogens is 1. The first-order chi connectivity index (χ1) is 10.7. The smallest absolute Gasteiger partial charge is 0.276 e. The van der Waals surface area contributed by atoms with Crippen LogP contribution in [0.25, 0.3) is 0 Å². The second-order valence-electron chi connectivity index (χ2n) is 4.52. The molecule has 0 saturated heterocycles. The molecule has 7 heteroatoms. The molecular formula is C15H18ClN3O3. The summed E-state index contributed by atoms with van der Waals surface area (Å²) in [4.78, 5) is 19.2. The SMILES string of the molecule is CCc1[nH]cnc1C(=O)Nc1ccc(OCCOC)c(Cl)c1. The summed E-state index contributed by atoms with van der Waals surface area (Å²) in [6.45, 7) is 2.84. The summed E-state index contributed by atoms with van der Waals surface area (Å²) >= 11 is 6.14. The van der Waals surface area contributed by atoms with Crippen molar-refractivity contribution in [2.24, 2.45) is 0 Å². The predicted molar refractivity (Wildman–Crippen MR) is 84.7 cm³/mol. The number of anilines is 1. The molecule has 1 aromatic heterocycles. The maximum atomic E-state index is 12.2. The van der Waals surface area contributed by atoms with Crippen LogP contribution in [0.4, 0.5) is 5.69 Å². The molecule has 0 unspecified atom stereocenters. The van der Waals surface area contributed by atoms with Crippen LogP contribution in [0.1, 0.15) is 23.1 Å². The summed E-state index contributed by atoms with van der Waals surface area (Å²) < 4.78 is 10.4. The van der Waals surface area contributed by atoms with Gasteiger partial charge in [-0.25, -0.2) is 4.98 Å². The zero-order chi connectivity index (χ0) is 15.9. The third-order valence-electron chi connectivity index (χ3n) is 3.02. The number of benzene rings is 1. The molecule has 0 aliphatic carbocycles. The van der Waals surface area contributed by atoms with Gasteiger partial charge >= 0.3 is 0 Å². The van der Waals surface area contributed by atoms with Crippen LogP contribution in [-0.2, 0) is 11.2 Å². The van der Waals surface area contributed by atoms with E-state index in [1.807, 2.05) is 6.92 Å². The number of carbonyl (C=O) groups excluding carboxylic acids is 1. The van der Waals surface area contributed by atoms with Gasteiger partial charge in [0, 0.05) is 18.5 Å². The molecule has 0 atom stereocenters. The fourth-order valence-electron chi connectivity index (χ4n) is 1.91. The number of aromatic amines is 1. The van der Waals surface area contributed by atoms with Crippen molar-refractivity contribution < 1.29 is 14.3 Å². The molecule has 0 spiro atoms. The van der Waals surface area contributed by atoms with Gasteiger partial charge in [0.25, 0.3) is 5.91 Å². The first kappa shape index (κ1) is 16.3. The van der Waals surface area contributed by atoms with Crippen molar-refractivity contribution in [1.82, 2.24) is 9.97 Å². The van der Waals surface area contributed by atoms with Crippen molar-refractivity contribution in [2.75, 3.05) is 25.6 Å². The zero-order valence-corrected chi connectivity index (χ0v) is 13.2. The average Bonchev–Trinajstić information content (AvgIpc) is 2.98. The number of aromatic nitrogens is 2. The van der Waals surface area contributed by atoms with Crippen molar-refractivity contribution in [1.29, 1.82) is 0 Å². The second-order valence-corrected chi connectivity index (χ2v) is 4.93. The van der Waals surface area contributed by atoms with Crippen molar-refractivity contribution in [3.8, 4) is 5.75 Å². The highest BCUT2D eigenvalue weighted by Gasteiger charge is 2.14. The molecule has 1 aromatic carbocycles. The van der Waals surface area contributed by atoms with E-state index in [0.29, 0.717) is 41.8 Å². The molecule has 0 fully saturated rings. The molecule has 1 heterocycles. The van der Waals surface area contributed by atoms with Crippen molar-refractivity contribution in [2.45, 2.75) is 13.3 Å². The minimum absolute atomic E-state index is 0.276. The van der Waals surface area contributed by atoms with Gasteiger partial charge in [0.15, 0.2) is 0 Å². The Morgan fingerprint density at radius 1 is 1.41 bits per heavy atom. The fourth-order valence-corrected chi connectivity index (χ4v) is 2.14. The van der Waals surface area contributed by atoms with Crippen LogP contribution < -0.4 is 10.1 Å². The topological polar surface area (TPSA) is 76.2 Å². The van der Waals surface area contributed by atoms with Gasteiger partial charge in [0.2, 0.25) is 0 Å². The van der Waals surface area contributed by atoms with Gasteiger partial charge in [-0.15, -0.1) is 0 Å². The highest BCUT2D eigenvalue weighted by molar-refractivity contribution is 6.32. The Kier molecular flexibility index (Phi) is 5.80. The normalized spacial score (nSPS) is 10.5. The summed E-state index contributed by atoms with van der Waals surface area (Å²) in [5.41, 5.74) is 1.77. The van der Waals surface area contributed by atoms with E-state index in [0.717, 1.165) is 5.69 Å². The quantitative estimate of drug-likeness (QED) is 0.768. The molecule has 2 aromatic rings. The summed E-state index contributed by atoms with van der Waals surface area (Å²) in [6.07, 6.45) is 2.21. The highest BCUT2D eigenvalue weighted by atomic mass is 35.5. The maximum Gasteiger partial charge on any atom is 0.276 e. The summed E-state index contributed by atoms with van der Waals surface area (Å²) in [6, 6.07) is 5.07. The van der Waals surface area contributed by atoms with Gasteiger partial charge in [-0.3, -0.25) is 4.79 Å². The van der Waals surface area contributed by atoms with E-state index in [2.05, 4.69) is 15.3 Å². The lowest BCUT2D eigenvalue weighted by atomic mass is 10.2. The Morgan fingerprint density at radius 2 is 2.23 bits per heavy atom. The van der Waals surface area contributed by atoms with Crippen LogP contribution in [0.3, 0.4) is 0 Å². The average molecular weight is 324 g/mol. The zero-order valence-electron chi connectivity index (χ0n) is 12.5. The minimum atomic E-state index is -0.276. The molecule has 0 bridgehead atoms. The van der Waals surface area contributed by atoms with E-state index in [1.54, 1.807) is 25.3 Å². The van der Waals surface area contributed by atoms with Crippen LogP contribution in [0.5, 0.6) is 5.75 Å². The van der Waals surface area contributed by atoms with E-state index in [-0.39, 0.29) is 5.91 Å². The molecule has 22 heavy (non-hydrogen) atoms. The molecule has 0 aliphatic rings. The van der Waals surface area contributed by atoms with Crippen LogP contribution in [0, 0.1) is 0 Å². The summed E-state index contributed by atoms with van der Waals surface area (Å²) in [7, 11) is 1.60. The van der Waals surface area contributed by atoms with E-state index in [9.17, 15) is 4.79 Å². The number of ether oxygens (including phenoxy) is 2. The minimum Gasteiger partial charge on any atom is -0.490 e. The van der Waals surface area contributed by atoms with Gasteiger partial charge in [-0.2, -0.15) is 0 Å². The van der Waals surface area contributed by atoms with Crippen LogP contribution >= 0.6 is 11.6 Å². The molecule has 0 saturated carbocycles. The Bertz CT molecular complexity index is 643. The lowest BCUT2D eigenvalue weighted by molar-refractivity contribution is 0.102. The van der Waals surface area contributed by atoms with Crippen LogP contribution in [0.15, 0.2) is 24.5 Å². The van der Waals surface area contributed by atoms with Crippen LogP contribution in [0.2, 0.25) is 5.02 Å². The highest BCUT2D eigenvalue weighted by Crippen LogP contribution is 2.27. The number of aryl methyl sites for hydroxylation is 1. The number of methoxy groups -OCH3 is 1. The maximum absolute atomic E-state index is 12.2. The second kappa shape index (κ2) is 7.82. The molecular weight excluding hydrogens is 306 g/mol. The van der Waals surface area contributed by atoms with E-state index < -0.39 is 0 Å².